The van der Waals surface area contributed by atoms with E-state index in [-0.39, 0.29) is 11.4 Å². The van der Waals surface area contributed by atoms with E-state index < -0.39 is 0 Å². The molecule has 1 N–H and O–H groups in total. The van der Waals surface area contributed by atoms with E-state index >= 15 is 0 Å². The van der Waals surface area contributed by atoms with Crippen molar-refractivity contribution in [3.63, 3.8) is 0 Å². The predicted molar refractivity (Wildman–Crippen MR) is 67.1 cm³/mol. The van der Waals surface area contributed by atoms with Gasteiger partial charge >= 0.3 is 0 Å². The van der Waals surface area contributed by atoms with Gasteiger partial charge in [0.05, 0.1) is 11.6 Å². The van der Waals surface area contributed by atoms with Crippen molar-refractivity contribution in [3.8, 4) is 6.07 Å². The zero-order valence-corrected chi connectivity index (χ0v) is 10.4. The molecule has 18 heavy (non-hydrogen) atoms. The molecule has 1 aliphatic rings. The van der Waals surface area contributed by atoms with Crippen LogP contribution in [-0.2, 0) is 4.74 Å². The lowest BCUT2D eigenvalue weighted by molar-refractivity contribution is 0.0423. The van der Waals surface area contributed by atoms with Crippen molar-refractivity contribution in [2.24, 2.45) is 0 Å². The van der Waals surface area contributed by atoms with Crippen LogP contribution in [0, 0.1) is 11.3 Å². The van der Waals surface area contributed by atoms with Gasteiger partial charge in [0.25, 0.3) is 5.91 Å². The predicted octanol–water partition coefficient (Wildman–Crippen LogP) is 1.86. The van der Waals surface area contributed by atoms with E-state index in [1.807, 2.05) is 13.0 Å². The standard InChI is InChI=1S/C14H16N2O2/c1-14(5-7-18-8-6-14)16-13(17)12-4-2-3-11(9-12)10-15/h2-4,9H,5-8H2,1H3,(H,16,17). The number of ether oxygens (including phenoxy) is 1. The van der Waals surface area contributed by atoms with Crippen LogP contribution in [0.3, 0.4) is 0 Å². The molecule has 1 aromatic rings. The number of nitriles is 1. The SMILES string of the molecule is CC1(NC(=O)c2cccc(C#N)c2)CCOCC1. The maximum absolute atomic E-state index is 12.1. The van der Waals surface area contributed by atoms with Crippen molar-refractivity contribution in [1.29, 1.82) is 5.26 Å². The highest BCUT2D eigenvalue weighted by molar-refractivity contribution is 5.95. The minimum absolute atomic E-state index is 0.128. The zero-order chi connectivity index (χ0) is 13.0. The van der Waals surface area contributed by atoms with Crippen LogP contribution in [0.2, 0.25) is 0 Å². The van der Waals surface area contributed by atoms with E-state index in [1.165, 1.54) is 0 Å². The molecule has 1 amide bonds. The fraction of sp³-hybridized carbons (Fsp3) is 0.429. The molecule has 1 saturated heterocycles. The molecule has 0 aromatic heterocycles. The molecule has 1 aliphatic heterocycles. The molecular weight excluding hydrogens is 228 g/mol. The molecule has 0 unspecified atom stereocenters. The summed E-state index contributed by atoms with van der Waals surface area (Å²) in [6.45, 7) is 3.38. The van der Waals surface area contributed by atoms with E-state index in [1.54, 1.807) is 24.3 Å². The molecule has 94 valence electrons. The van der Waals surface area contributed by atoms with Gasteiger partial charge in [0, 0.05) is 24.3 Å². The number of hydrogen-bond donors (Lipinski definition) is 1. The molecule has 0 saturated carbocycles. The smallest absolute Gasteiger partial charge is 0.251 e. The van der Waals surface area contributed by atoms with E-state index in [9.17, 15) is 4.79 Å². The average Bonchev–Trinajstić information content (AvgIpc) is 2.39. The summed E-state index contributed by atoms with van der Waals surface area (Å²) in [5, 5.41) is 11.9. The lowest BCUT2D eigenvalue weighted by atomic mass is 9.92. The summed E-state index contributed by atoms with van der Waals surface area (Å²) >= 11 is 0. The van der Waals surface area contributed by atoms with Crippen molar-refractivity contribution >= 4 is 5.91 Å². The van der Waals surface area contributed by atoms with Crippen LogP contribution in [0.5, 0.6) is 0 Å². The quantitative estimate of drug-likeness (QED) is 0.863. The van der Waals surface area contributed by atoms with Gasteiger partial charge in [-0.1, -0.05) is 6.07 Å². The highest BCUT2D eigenvalue weighted by Gasteiger charge is 2.29. The van der Waals surface area contributed by atoms with Crippen molar-refractivity contribution in [3.05, 3.63) is 35.4 Å². The molecule has 4 nitrogen and oxygen atoms in total. The highest BCUT2D eigenvalue weighted by Crippen LogP contribution is 2.20. The van der Waals surface area contributed by atoms with Gasteiger partial charge in [0.15, 0.2) is 0 Å². The normalized spacial score (nSPS) is 17.8. The zero-order valence-electron chi connectivity index (χ0n) is 10.4. The number of carbonyl (C=O) groups excluding carboxylic acids is 1. The van der Waals surface area contributed by atoms with E-state index in [4.69, 9.17) is 10.00 Å². The molecule has 0 atom stereocenters. The number of nitrogens with zero attached hydrogens (tertiary/aromatic N) is 1. The third-order valence-corrected chi connectivity index (χ3v) is 3.27. The second-order valence-electron chi connectivity index (χ2n) is 4.82. The summed E-state index contributed by atoms with van der Waals surface area (Å²) in [4.78, 5) is 12.1. The number of benzene rings is 1. The lowest BCUT2D eigenvalue weighted by Crippen LogP contribution is -2.49. The fourth-order valence-corrected chi connectivity index (χ4v) is 2.02. The van der Waals surface area contributed by atoms with Crippen molar-refractivity contribution in [1.82, 2.24) is 5.32 Å². The Hall–Kier alpha value is -1.86. The van der Waals surface area contributed by atoms with Gasteiger partial charge < -0.3 is 10.1 Å². The van der Waals surface area contributed by atoms with Gasteiger partial charge in [0.1, 0.15) is 0 Å². The molecule has 0 bridgehead atoms. The van der Waals surface area contributed by atoms with Crippen LogP contribution >= 0.6 is 0 Å². The van der Waals surface area contributed by atoms with Crippen molar-refractivity contribution < 1.29 is 9.53 Å². The molecule has 0 spiro atoms. The maximum Gasteiger partial charge on any atom is 0.251 e. The Labute approximate surface area is 107 Å². The second kappa shape index (κ2) is 5.19. The van der Waals surface area contributed by atoms with E-state index in [0.717, 1.165) is 12.8 Å². The first-order chi connectivity index (χ1) is 8.63. The van der Waals surface area contributed by atoms with Gasteiger partial charge in [-0.15, -0.1) is 0 Å². The largest absolute Gasteiger partial charge is 0.381 e. The number of nitrogens with one attached hydrogen (secondary N) is 1. The first kappa shape index (κ1) is 12.6. The van der Waals surface area contributed by atoms with E-state index in [0.29, 0.717) is 24.3 Å². The van der Waals surface area contributed by atoms with Gasteiger partial charge in [-0.05, 0) is 38.0 Å². The summed E-state index contributed by atoms with van der Waals surface area (Å²) < 4.78 is 5.29. The summed E-state index contributed by atoms with van der Waals surface area (Å²) in [6.07, 6.45) is 1.63. The number of hydrogen-bond acceptors (Lipinski definition) is 3. The molecule has 1 fully saturated rings. The Balaban J connectivity index is 2.09. The third-order valence-electron chi connectivity index (χ3n) is 3.27. The number of amides is 1. The monoisotopic (exact) mass is 244 g/mol. The number of rotatable bonds is 2. The summed E-state index contributed by atoms with van der Waals surface area (Å²) in [6, 6.07) is 8.78. The molecule has 1 heterocycles. The van der Waals surface area contributed by atoms with Crippen molar-refractivity contribution in [2.75, 3.05) is 13.2 Å². The maximum atomic E-state index is 12.1. The topological polar surface area (TPSA) is 62.1 Å². The van der Waals surface area contributed by atoms with Gasteiger partial charge in [-0.2, -0.15) is 5.26 Å². The van der Waals surface area contributed by atoms with Crippen molar-refractivity contribution in [2.45, 2.75) is 25.3 Å². The number of carbonyl (C=O) groups is 1. The minimum Gasteiger partial charge on any atom is -0.381 e. The Kier molecular flexibility index (Phi) is 3.63. The second-order valence-corrected chi connectivity index (χ2v) is 4.82. The highest BCUT2D eigenvalue weighted by atomic mass is 16.5. The summed E-state index contributed by atoms with van der Waals surface area (Å²) in [5.41, 5.74) is 0.819. The molecule has 1 aromatic carbocycles. The first-order valence-corrected chi connectivity index (χ1v) is 6.03. The summed E-state index contributed by atoms with van der Waals surface area (Å²) in [7, 11) is 0. The molecule has 0 radical (unpaired) electrons. The molecule has 4 heteroatoms. The lowest BCUT2D eigenvalue weighted by Gasteiger charge is -2.34. The van der Waals surface area contributed by atoms with Crippen LogP contribution in [0.4, 0.5) is 0 Å². The van der Waals surface area contributed by atoms with Gasteiger partial charge in [-0.25, -0.2) is 0 Å². The molecular formula is C14H16N2O2. The fourth-order valence-electron chi connectivity index (χ4n) is 2.02. The Bertz CT molecular complexity index is 485. The van der Waals surface area contributed by atoms with E-state index in [2.05, 4.69) is 5.32 Å². The van der Waals surface area contributed by atoms with Crippen LogP contribution in [-0.4, -0.2) is 24.7 Å². The third kappa shape index (κ3) is 2.88. The molecule has 0 aliphatic carbocycles. The van der Waals surface area contributed by atoms with Gasteiger partial charge in [-0.3, -0.25) is 4.79 Å². The Morgan fingerprint density at radius 3 is 2.83 bits per heavy atom. The summed E-state index contributed by atoms with van der Waals surface area (Å²) in [5.74, 6) is -0.128. The van der Waals surface area contributed by atoms with Crippen LogP contribution in [0.15, 0.2) is 24.3 Å². The van der Waals surface area contributed by atoms with Crippen LogP contribution in [0.25, 0.3) is 0 Å². The van der Waals surface area contributed by atoms with Crippen LogP contribution < -0.4 is 5.32 Å². The average molecular weight is 244 g/mol. The Morgan fingerprint density at radius 2 is 2.17 bits per heavy atom. The van der Waals surface area contributed by atoms with Gasteiger partial charge in [0.2, 0.25) is 0 Å². The molecule has 2 rings (SSSR count). The first-order valence-electron chi connectivity index (χ1n) is 6.03. The minimum atomic E-state index is -0.210. The van der Waals surface area contributed by atoms with Crippen LogP contribution in [0.1, 0.15) is 35.7 Å². The Morgan fingerprint density at radius 1 is 1.44 bits per heavy atom.